The molecule has 1 radical (unpaired) electrons. The Hall–Kier alpha value is -0.160. The second kappa shape index (κ2) is 3.20. The van der Waals surface area contributed by atoms with Gasteiger partial charge in [-0.25, -0.2) is 0 Å². The molecule has 1 fully saturated rings. The average molecular weight is 187 g/mol. The standard InChI is InChI=1S/C9H19N2O2/c1-8(2)6-10(13-5)7-9(3,4)11(8)12/h6-7H2,1-5H3. The van der Waals surface area contributed by atoms with Crippen LogP contribution in [0.25, 0.3) is 0 Å². The Morgan fingerprint density at radius 3 is 1.77 bits per heavy atom. The first-order valence-electron chi connectivity index (χ1n) is 4.56. The number of hydrogen-bond donors (Lipinski definition) is 0. The first-order chi connectivity index (χ1) is 5.79. The molecular formula is C9H19N2O2. The molecular weight excluding hydrogens is 168 g/mol. The third-order valence-corrected chi connectivity index (χ3v) is 2.48. The van der Waals surface area contributed by atoms with Crippen LogP contribution >= 0.6 is 0 Å². The van der Waals surface area contributed by atoms with Crippen molar-refractivity contribution in [3.05, 3.63) is 0 Å². The van der Waals surface area contributed by atoms with Crippen molar-refractivity contribution in [3.63, 3.8) is 0 Å². The molecule has 0 spiro atoms. The van der Waals surface area contributed by atoms with Crippen LogP contribution in [0.3, 0.4) is 0 Å². The van der Waals surface area contributed by atoms with Gasteiger partial charge in [-0.15, -0.1) is 10.3 Å². The number of nitrogens with zero attached hydrogens (tertiary/aromatic N) is 2. The zero-order valence-corrected chi connectivity index (χ0v) is 9.13. The molecule has 1 aliphatic heterocycles. The monoisotopic (exact) mass is 187 g/mol. The largest absolute Gasteiger partial charge is 0.302 e. The number of piperazine rings is 1. The van der Waals surface area contributed by atoms with E-state index in [1.54, 1.807) is 7.11 Å². The Morgan fingerprint density at radius 1 is 1.08 bits per heavy atom. The van der Waals surface area contributed by atoms with Crippen LogP contribution in [0.4, 0.5) is 0 Å². The molecule has 0 aliphatic carbocycles. The first kappa shape index (κ1) is 10.9. The lowest BCUT2D eigenvalue weighted by Gasteiger charge is -2.50. The molecule has 0 bridgehead atoms. The van der Waals surface area contributed by atoms with Crippen molar-refractivity contribution in [2.24, 2.45) is 0 Å². The van der Waals surface area contributed by atoms with Crippen LogP contribution in [0, 0.1) is 0 Å². The van der Waals surface area contributed by atoms with Gasteiger partial charge in [0.25, 0.3) is 0 Å². The zero-order valence-electron chi connectivity index (χ0n) is 9.13. The van der Waals surface area contributed by atoms with Crippen LogP contribution in [0.2, 0.25) is 0 Å². The van der Waals surface area contributed by atoms with Crippen molar-refractivity contribution in [1.29, 1.82) is 0 Å². The summed E-state index contributed by atoms with van der Waals surface area (Å²) in [7, 11) is 1.65. The quantitative estimate of drug-likeness (QED) is 0.616. The van der Waals surface area contributed by atoms with Gasteiger partial charge in [0.2, 0.25) is 0 Å². The summed E-state index contributed by atoms with van der Waals surface area (Å²) in [6.45, 7) is 9.05. The van der Waals surface area contributed by atoms with E-state index in [4.69, 9.17) is 4.84 Å². The second-order valence-corrected chi connectivity index (χ2v) is 4.90. The minimum absolute atomic E-state index is 0.377. The number of hydroxylamine groups is 4. The van der Waals surface area contributed by atoms with Gasteiger partial charge in [-0.1, -0.05) is 0 Å². The normalized spacial score (nSPS) is 29.1. The fourth-order valence-corrected chi connectivity index (χ4v) is 2.00. The minimum atomic E-state index is -0.377. The molecule has 4 nitrogen and oxygen atoms in total. The highest BCUT2D eigenvalue weighted by atomic mass is 16.7. The summed E-state index contributed by atoms with van der Waals surface area (Å²) in [5, 5.41) is 14.9. The predicted octanol–water partition coefficient (Wildman–Crippen LogP) is 1.07. The molecule has 0 aromatic rings. The van der Waals surface area contributed by atoms with E-state index in [9.17, 15) is 5.21 Å². The Labute approximate surface area is 80.0 Å². The molecule has 1 saturated heterocycles. The molecule has 0 N–H and O–H groups in total. The number of rotatable bonds is 1. The summed E-state index contributed by atoms with van der Waals surface area (Å²) in [6, 6.07) is 0. The molecule has 0 atom stereocenters. The van der Waals surface area contributed by atoms with Crippen LogP contribution in [-0.4, -0.2) is 41.4 Å². The van der Waals surface area contributed by atoms with Crippen LogP contribution in [0.1, 0.15) is 27.7 Å². The minimum Gasteiger partial charge on any atom is -0.302 e. The van der Waals surface area contributed by atoms with Gasteiger partial charge in [0.15, 0.2) is 0 Å². The maximum atomic E-state index is 11.9. The highest BCUT2D eigenvalue weighted by molar-refractivity contribution is 4.94. The molecule has 13 heavy (non-hydrogen) atoms. The Morgan fingerprint density at radius 2 is 1.46 bits per heavy atom. The molecule has 1 aliphatic rings. The summed E-state index contributed by atoms with van der Waals surface area (Å²) < 4.78 is 0. The van der Waals surface area contributed by atoms with Crippen molar-refractivity contribution in [2.75, 3.05) is 20.2 Å². The van der Waals surface area contributed by atoms with Gasteiger partial charge in [-0.05, 0) is 27.7 Å². The van der Waals surface area contributed by atoms with Crippen molar-refractivity contribution in [1.82, 2.24) is 10.1 Å². The first-order valence-corrected chi connectivity index (χ1v) is 4.56. The Balaban J connectivity index is 2.82. The van der Waals surface area contributed by atoms with Crippen LogP contribution in [0.15, 0.2) is 0 Å². The molecule has 1 rings (SSSR count). The van der Waals surface area contributed by atoms with Gasteiger partial charge >= 0.3 is 0 Å². The van der Waals surface area contributed by atoms with E-state index >= 15 is 0 Å². The Kier molecular flexibility index (Phi) is 2.69. The molecule has 0 saturated carbocycles. The molecule has 0 amide bonds. The lowest BCUT2D eigenvalue weighted by molar-refractivity contribution is -0.330. The molecule has 0 aromatic heterocycles. The van der Waals surface area contributed by atoms with Crippen molar-refractivity contribution < 1.29 is 10.0 Å². The van der Waals surface area contributed by atoms with E-state index < -0.39 is 0 Å². The van der Waals surface area contributed by atoms with Gasteiger partial charge in [-0.2, -0.15) is 5.06 Å². The maximum Gasteiger partial charge on any atom is 0.0594 e. The predicted molar refractivity (Wildman–Crippen MR) is 49.3 cm³/mol. The summed E-state index contributed by atoms with van der Waals surface area (Å²) >= 11 is 0. The molecule has 0 aromatic carbocycles. The third kappa shape index (κ3) is 2.02. The van der Waals surface area contributed by atoms with Crippen LogP contribution < -0.4 is 0 Å². The van der Waals surface area contributed by atoms with Crippen molar-refractivity contribution >= 4 is 0 Å². The van der Waals surface area contributed by atoms with Gasteiger partial charge in [0.05, 0.1) is 18.2 Å². The molecule has 77 valence electrons. The smallest absolute Gasteiger partial charge is 0.0594 e. The highest BCUT2D eigenvalue weighted by Crippen LogP contribution is 2.30. The molecule has 1 heterocycles. The van der Waals surface area contributed by atoms with E-state index in [2.05, 4.69) is 0 Å². The van der Waals surface area contributed by atoms with E-state index in [0.29, 0.717) is 13.1 Å². The number of hydrogen-bond acceptors (Lipinski definition) is 3. The van der Waals surface area contributed by atoms with Crippen LogP contribution in [0.5, 0.6) is 0 Å². The van der Waals surface area contributed by atoms with Gasteiger partial charge in [0.1, 0.15) is 0 Å². The van der Waals surface area contributed by atoms with Crippen LogP contribution in [-0.2, 0) is 10.0 Å². The summed E-state index contributed by atoms with van der Waals surface area (Å²) in [4.78, 5) is 5.18. The highest BCUT2D eigenvalue weighted by Gasteiger charge is 2.45. The fourth-order valence-electron chi connectivity index (χ4n) is 2.00. The molecule has 4 heteroatoms. The van der Waals surface area contributed by atoms with Crippen molar-refractivity contribution in [3.8, 4) is 0 Å². The van der Waals surface area contributed by atoms with Gasteiger partial charge in [-0.3, -0.25) is 0 Å². The van der Waals surface area contributed by atoms with E-state index in [-0.39, 0.29) is 11.1 Å². The lowest BCUT2D eigenvalue weighted by Crippen LogP contribution is -2.66. The van der Waals surface area contributed by atoms with Gasteiger partial charge < -0.3 is 4.84 Å². The van der Waals surface area contributed by atoms with Crippen molar-refractivity contribution in [2.45, 2.75) is 38.8 Å². The topological polar surface area (TPSA) is 35.6 Å². The van der Waals surface area contributed by atoms with E-state index in [0.717, 1.165) is 0 Å². The maximum absolute atomic E-state index is 11.9. The SMILES string of the molecule is CON1CC(C)(C)N([O])C(C)(C)C1. The fraction of sp³-hybridized carbons (Fsp3) is 1.00. The average Bonchev–Trinajstić information content (AvgIpc) is 1.99. The Bertz CT molecular complexity index is 174. The molecule has 0 unspecified atom stereocenters. The van der Waals surface area contributed by atoms with E-state index in [1.165, 1.54) is 5.06 Å². The third-order valence-electron chi connectivity index (χ3n) is 2.48. The van der Waals surface area contributed by atoms with Gasteiger partial charge in [0, 0.05) is 13.1 Å². The lowest BCUT2D eigenvalue weighted by atomic mass is 9.92. The van der Waals surface area contributed by atoms with E-state index in [1.807, 2.05) is 32.8 Å². The summed E-state index contributed by atoms with van der Waals surface area (Å²) in [5.74, 6) is 0. The summed E-state index contributed by atoms with van der Waals surface area (Å²) in [5.41, 5.74) is -0.754. The summed E-state index contributed by atoms with van der Waals surface area (Å²) in [6.07, 6.45) is 0. The zero-order chi connectivity index (χ0) is 10.3. The second-order valence-electron chi connectivity index (χ2n) is 4.90.